The first-order valence-electron chi connectivity index (χ1n) is 4.91. The molecule has 2 atom stereocenters. The van der Waals surface area contributed by atoms with Crippen molar-refractivity contribution >= 4 is 0 Å². The van der Waals surface area contributed by atoms with E-state index in [1.807, 2.05) is 41.5 Å². The van der Waals surface area contributed by atoms with Crippen LogP contribution in [0.4, 0.5) is 0 Å². The Hall–Kier alpha value is 1.02. The van der Waals surface area contributed by atoms with Gasteiger partial charge in [0.1, 0.15) is 0 Å². The van der Waals surface area contributed by atoms with Gasteiger partial charge >= 0.3 is 0 Å². The van der Waals surface area contributed by atoms with Crippen molar-refractivity contribution < 1.29 is 42.9 Å². The molecule has 0 heterocycles. The first-order chi connectivity index (χ1) is 5.55. The molecule has 0 spiro atoms. The minimum atomic E-state index is -0.443. The van der Waals surface area contributed by atoms with Crippen LogP contribution in [0.2, 0.25) is 0 Å². The molecule has 0 rings (SSSR count). The van der Waals surface area contributed by atoms with Crippen molar-refractivity contribution in [2.75, 3.05) is 0 Å². The molecule has 0 amide bonds. The molecule has 3 heteroatoms. The topological polar surface area (TPSA) is 40.5 Å². The molecule has 0 aliphatic carbocycles. The molecule has 0 aliphatic heterocycles. The number of hydrogen-bond donors (Lipinski definition) is 2. The van der Waals surface area contributed by atoms with E-state index in [1.54, 1.807) is 0 Å². The maximum Gasteiger partial charge on any atom is 0.0613 e. The molecule has 0 aromatic rings. The maximum atomic E-state index is 9.76. The molecule has 2 N–H and O–H groups in total. The molecule has 0 bridgehead atoms. The minimum absolute atomic E-state index is 0. The van der Waals surface area contributed by atoms with Crippen molar-refractivity contribution in [3.8, 4) is 0 Å². The molecular weight excluding hydrogens is 253 g/mol. The van der Waals surface area contributed by atoms with Crippen LogP contribution in [-0.2, 0) is 32.7 Å². The fraction of sp³-hybridized carbons (Fsp3) is 1.00. The summed E-state index contributed by atoms with van der Waals surface area (Å²) in [5.41, 5.74) is -0.293. The summed E-state index contributed by atoms with van der Waals surface area (Å²) >= 11 is 0. The summed E-state index contributed by atoms with van der Waals surface area (Å²) < 4.78 is 0. The predicted molar refractivity (Wildman–Crippen MR) is 55.5 cm³/mol. The summed E-state index contributed by atoms with van der Waals surface area (Å²) in [6, 6.07) is 0. The number of aliphatic hydroxyl groups is 2. The van der Waals surface area contributed by atoms with Crippen LogP contribution in [0, 0.1) is 10.8 Å². The summed E-state index contributed by atoms with van der Waals surface area (Å²) in [7, 11) is 0. The molecule has 83 valence electrons. The van der Waals surface area contributed by atoms with Crippen LogP contribution in [0.15, 0.2) is 0 Å². The van der Waals surface area contributed by atoms with E-state index in [9.17, 15) is 10.2 Å². The molecular formula is C11H24O2Y. The molecule has 0 aromatic heterocycles. The van der Waals surface area contributed by atoms with Crippen LogP contribution in [0.25, 0.3) is 0 Å². The van der Waals surface area contributed by atoms with Crippen molar-refractivity contribution in [1.82, 2.24) is 0 Å². The standard InChI is InChI=1S/C11H24O2.Y/c1-10(2,3)8(12)7-9(13)11(4,5)6;/h8-9,12-13H,7H2,1-6H3;. The summed E-state index contributed by atoms with van der Waals surface area (Å²) in [6.07, 6.45) is -0.434. The average molecular weight is 277 g/mol. The minimum Gasteiger partial charge on any atom is -0.392 e. The van der Waals surface area contributed by atoms with E-state index < -0.39 is 12.2 Å². The molecule has 0 fully saturated rings. The van der Waals surface area contributed by atoms with Crippen molar-refractivity contribution in [3.05, 3.63) is 0 Å². The maximum absolute atomic E-state index is 9.76. The SMILES string of the molecule is CC(C)(C)C(O)CC(O)C(C)(C)C.[Y]. The largest absolute Gasteiger partial charge is 0.392 e. The van der Waals surface area contributed by atoms with Crippen LogP contribution >= 0.6 is 0 Å². The van der Waals surface area contributed by atoms with E-state index in [2.05, 4.69) is 0 Å². The Morgan fingerprint density at radius 2 is 1.00 bits per heavy atom. The number of hydrogen-bond acceptors (Lipinski definition) is 2. The summed E-state index contributed by atoms with van der Waals surface area (Å²) in [5.74, 6) is 0. The zero-order valence-electron chi connectivity index (χ0n) is 10.3. The van der Waals surface area contributed by atoms with Gasteiger partial charge in [0.05, 0.1) is 12.2 Å². The molecule has 0 saturated heterocycles. The van der Waals surface area contributed by atoms with Gasteiger partial charge in [-0.2, -0.15) is 0 Å². The van der Waals surface area contributed by atoms with Crippen molar-refractivity contribution in [2.45, 2.75) is 60.2 Å². The van der Waals surface area contributed by atoms with Gasteiger partial charge in [-0.25, -0.2) is 0 Å². The van der Waals surface area contributed by atoms with E-state index in [0.717, 1.165) is 0 Å². The van der Waals surface area contributed by atoms with E-state index in [0.29, 0.717) is 6.42 Å². The fourth-order valence-corrected chi connectivity index (χ4v) is 0.919. The van der Waals surface area contributed by atoms with E-state index >= 15 is 0 Å². The molecule has 0 saturated carbocycles. The Morgan fingerprint density at radius 1 is 0.786 bits per heavy atom. The smallest absolute Gasteiger partial charge is 0.0613 e. The van der Waals surface area contributed by atoms with Crippen LogP contribution in [0.1, 0.15) is 48.0 Å². The number of rotatable bonds is 2. The summed E-state index contributed by atoms with van der Waals surface area (Å²) in [4.78, 5) is 0. The fourth-order valence-electron chi connectivity index (χ4n) is 0.919. The zero-order chi connectivity index (χ0) is 10.9. The Labute approximate surface area is 113 Å². The Morgan fingerprint density at radius 3 is 1.14 bits per heavy atom. The molecule has 0 aromatic carbocycles. The van der Waals surface area contributed by atoms with Crippen molar-refractivity contribution in [2.24, 2.45) is 10.8 Å². The second-order valence-corrected chi connectivity index (χ2v) is 6.00. The van der Waals surface area contributed by atoms with Gasteiger partial charge in [0.15, 0.2) is 0 Å². The molecule has 2 nitrogen and oxygen atoms in total. The van der Waals surface area contributed by atoms with E-state index in [1.165, 1.54) is 0 Å². The van der Waals surface area contributed by atoms with E-state index in [4.69, 9.17) is 0 Å². The monoisotopic (exact) mass is 277 g/mol. The van der Waals surface area contributed by atoms with Gasteiger partial charge in [-0.3, -0.25) is 0 Å². The van der Waals surface area contributed by atoms with Gasteiger partial charge in [0.2, 0.25) is 0 Å². The average Bonchev–Trinajstić information content (AvgIpc) is 1.82. The van der Waals surface area contributed by atoms with Gasteiger partial charge in [0, 0.05) is 39.1 Å². The second-order valence-electron chi connectivity index (χ2n) is 6.00. The van der Waals surface area contributed by atoms with Crippen LogP contribution in [0.5, 0.6) is 0 Å². The molecule has 0 aliphatic rings. The Kier molecular flexibility index (Phi) is 7.38. The van der Waals surface area contributed by atoms with Crippen molar-refractivity contribution in [3.63, 3.8) is 0 Å². The van der Waals surface area contributed by atoms with Gasteiger partial charge < -0.3 is 10.2 Å². The third-order valence-corrected chi connectivity index (χ3v) is 2.45. The van der Waals surface area contributed by atoms with Crippen LogP contribution in [0.3, 0.4) is 0 Å². The van der Waals surface area contributed by atoms with E-state index in [-0.39, 0.29) is 43.5 Å². The first kappa shape index (κ1) is 17.4. The van der Waals surface area contributed by atoms with Gasteiger partial charge in [0.25, 0.3) is 0 Å². The Bertz CT molecular complexity index is 138. The number of aliphatic hydroxyl groups excluding tert-OH is 2. The third-order valence-electron chi connectivity index (χ3n) is 2.45. The molecule has 2 unspecified atom stereocenters. The molecule has 14 heavy (non-hydrogen) atoms. The zero-order valence-corrected chi connectivity index (χ0v) is 13.2. The summed E-state index contributed by atoms with van der Waals surface area (Å²) in [5, 5.41) is 19.5. The quantitative estimate of drug-likeness (QED) is 0.812. The molecule has 1 radical (unpaired) electrons. The second kappa shape index (κ2) is 5.93. The first-order valence-corrected chi connectivity index (χ1v) is 4.91. The van der Waals surface area contributed by atoms with Gasteiger partial charge in [-0.05, 0) is 10.8 Å². The van der Waals surface area contributed by atoms with Crippen molar-refractivity contribution in [1.29, 1.82) is 0 Å². The predicted octanol–water partition coefficient (Wildman–Crippen LogP) is 2.19. The normalized spacial score (nSPS) is 17.1. The van der Waals surface area contributed by atoms with Gasteiger partial charge in [-0.15, -0.1) is 0 Å². The summed E-state index contributed by atoms with van der Waals surface area (Å²) in [6.45, 7) is 11.9. The Balaban J connectivity index is 0. The van der Waals surface area contributed by atoms with Crippen LogP contribution in [-0.4, -0.2) is 22.4 Å². The van der Waals surface area contributed by atoms with Gasteiger partial charge in [-0.1, -0.05) is 41.5 Å². The van der Waals surface area contributed by atoms with Crippen LogP contribution < -0.4 is 0 Å². The third kappa shape index (κ3) is 6.50.